The first-order chi connectivity index (χ1) is 50.5. The summed E-state index contributed by atoms with van der Waals surface area (Å²) in [5.74, 6) is 0. The van der Waals surface area contributed by atoms with Gasteiger partial charge in [-0.1, -0.05) is 194 Å². The molecule has 5 aromatic heterocycles. The van der Waals surface area contributed by atoms with E-state index in [9.17, 15) is 0 Å². The third-order valence-corrected chi connectivity index (χ3v) is 18.4. The van der Waals surface area contributed by atoms with Crippen molar-refractivity contribution >= 4 is 124 Å². The predicted molar refractivity (Wildman–Crippen MR) is 417 cm³/mol. The lowest BCUT2D eigenvalue weighted by Gasteiger charge is -2.26. The van der Waals surface area contributed by atoms with Crippen molar-refractivity contribution in [2.24, 2.45) is 0 Å². The molecule has 0 spiro atoms. The standard InChI is InChI=1S/C90H60N12/c1-9-25-65(26-10-1)99(66-27-11-2-12-28-66)73-49-41-61(42-50-73)77-57-79-80(58-78(77)62-43-51-74(52-44-62)100(67-29-13-3-14-30-67)68-31-15-4-16-32-68)95-90-89(94-79)96-84-60-82-81(93-88(84)98-90)59-83-87(92-82)97-86(64-47-55-76(56-48-64)102(71-37-21-7-22-38-71)72-39-23-8-24-40-72)85(91-83)63-45-53-75(54-46-63)101(69-33-17-5-18-34-69)70-35-19-6-20-36-70/h1-60H. The topological polar surface area (TPSA) is 116 Å². The minimum atomic E-state index is 0.368. The smallest absolute Gasteiger partial charge is 0.200 e. The average Bonchev–Trinajstić information content (AvgIpc) is 0.744. The normalized spacial score (nSPS) is 11.3. The first-order valence-corrected chi connectivity index (χ1v) is 33.9. The molecule has 18 aromatic rings. The molecule has 12 nitrogen and oxygen atoms in total. The van der Waals surface area contributed by atoms with Crippen LogP contribution in [0.4, 0.5) is 68.2 Å². The number of para-hydroxylation sites is 8. The Morgan fingerprint density at radius 2 is 0.353 bits per heavy atom. The highest BCUT2D eigenvalue weighted by Crippen LogP contribution is 2.44. The summed E-state index contributed by atoms with van der Waals surface area (Å²) in [6, 6.07) is 126. The predicted octanol–water partition coefficient (Wildman–Crippen LogP) is 23.2. The number of nitrogens with zero attached hydrogens (tertiary/aromatic N) is 12. The highest BCUT2D eigenvalue weighted by atomic mass is 15.2. The van der Waals surface area contributed by atoms with Gasteiger partial charge in [-0.15, -0.1) is 0 Å². The fourth-order valence-corrected chi connectivity index (χ4v) is 13.6. The molecule has 0 unspecified atom stereocenters. The van der Waals surface area contributed by atoms with E-state index < -0.39 is 0 Å². The molecule has 0 radical (unpaired) electrons. The first kappa shape index (κ1) is 60.3. The number of hydrogen-bond donors (Lipinski definition) is 0. The lowest BCUT2D eigenvalue weighted by molar-refractivity contribution is 1.22. The summed E-state index contributed by atoms with van der Waals surface area (Å²) < 4.78 is 0. The quantitative estimate of drug-likeness (QED) is 0.0858. The van der Waals surface area contributed by atoms with Gasteiger partial charge in [-0.05, 0) is 192 Å². The first-order valence-electron chi connectivity index (χ1n) is 33.9. The van der Waals surface area contributed by atoms with Gasteiger partial charge in [0.15, 0.2) is 16.9 Å². The molecular weight excluding hydrogens is 1250 g/mol. The Labute approximate surface area is 588 Å². The average molecular weight is 1310 g/mol. The van der Waals surface area contributed by atoms with E-state index in [2.05, 4.69) is 323 Å². The Bertz CT molecular complexity index is 5110. The molecule has 480 valence electrons. The summed E-state index contributed by atoms with van der Waals surface area (Å²) in [7, 11) is 0. The van der Waals surface area contributed by atoms with Crippen molar-refractivity contribution in [3.8, 4) is 44.8 Å². The Balaban J connectivity index is 0.755. The van der Waals surface area contributed by atoms with Crippen LogP contribution in [0, 0.1) is 0 Å². The second-order valence-corrected chi connectivity index (χ2v) is 24.8. The van der Waals surface area contributed by atoms with Crippen molar-refractivity contribution in [3.05, 3.63) is 364 Å². The molecule has 0 saturated heterocycles. The lowest BCUT2D eigenvalue weighted by Crippen LogP contribution is -2.09. The molecule has 0 fully saturated rings. The van der Waals surface area contributed by atoms with Gasteiger partial charge in [-0.2, -0.15) is 0 Å². The molecule has 0 N–H and O–H groups in total. The summed E-state index contributed by atoms with van der Waals surface area (Å²) in [5, 5.41) is 0. The molecule has 5 heterocycles. The third-order valence-electron chi connectivity index (χ3n) is 18.4. The van der Waals surface area contributed by atoms with Gasteiger partial charge in [-0.3, -0.25) is 0 Å². The summed E-state index contributed by atoms with van der Waals surface area (Å²) in [4.78, 5) is 51.1. The monoisotopic (exact) mass is 1310 g/mol. The highest BCUT2D eigenvalue weighted by molar-refractivity contribution is 6.00. The molecule has 0 aliphatic rings. The van der Waals surface area contributed by atoms with Crippen LogP contribution < -0.4 is 19.6 Å². The number of pyridine rings is 2. The Kier molecular flexibility index (Phi) is 15.6. The van der Waals surface area contributed by atoms with Crippen molar-refractivity contribution in [2.75, 3.05) is 19.6 Å². The second-order valence-electron chi connectivity index (χ2n) is 24.8. The summed E-state index contributed by atoms with van der Waals surface area (Å²) in [6.45, 7) is 0. The van der Waals surface area contributed by atoms with E-state index in [0.717, 1.165) is 102 Å². The van der Waals surface area contributed by atoms with Crippen LogP contribution in [-0.4, -0.2) is 39.9 Å². The van der Waals surface area contributed by atoms with Crippen LogP contribution in [0.2, 0.25) is 0 Å². The molecular formula is C90H60N12. The van der Waals surface area contributed by atoms with Crippen LogP contribution in [-0.2, 0) is 0 Å². The van der Waals surface area contributed by atoms with Crippen molar-refractivity contribution in [1.82, 2.24) is 39.9 Å². The van der Waals surface area contributed by atoms with Gasteiger partial charge in [0.2, 0.25) is 5.65 Å². The molecule has 0 aliphatic carbocycles. The summed E-state index contributed by atoms with van der Waals surface area (Å²) >= 11 is 0. The van der Waals surface area contributed by atoms with Gasteiger partial charge in [0, 0.05) is 79.4 Å². The molecule has 12 heteroatoms. The number of rotatable bonds is 16. The van der Waals surface area contributed by atoms with Crippen LogP contribution in [0.15, 0.2) is 364 Å². The minimum Gasteiger partial charge on any atom is -0.311 e. The zero-order valence-electron chi connectivity index (χ0n) is 55.0. The highest BCUT2D eigenvalue weighted by Gasteiger charge is 2.23. The second kappa shape index (κ2) is 26.4. The fraction of sp³-hybridized carbons (Fsp3) is 0. The molecule has 0 aliphatic heterocycles. The molecule has 0 saturated carbocycles. The number of aromatic nitrogens is 8. The number of benzene rings is 13. The van der Waals surface area contributed by atoms with E-state index in [-0.39, 0.29) is 0 Å². The molecule has 13 aromatic carbocycles. The summed E-state index contributed by atoms with van der Waals surface area (Å²) in [6.07, 6.45) is 0. The maximum absolute atomic E-state index is 5.47. The zero-order chi connectivity index (χ0) is 67.7. The molecule has 18 rings (SSSR count). The lowest BCUT2D eigenvalue weighted by atomic mass is 9.93. The SMILES string of the molecule is c1ccc(N(c2ccccc2)c2ccc(-c3cc4nc5nc6cc7nc8nc(-c9ccc(N(c%10ccccc%10)c%10ccccc%10)cc9)c(-c9ccc(N(c%10ccccc%10)c%10ccccc%10)cc9)nc8cc7nc6nc5nc4cc3-c3ccc(N(c4ccccc4)c4ccccc4)cc3)cc2)cc1. The van der Waals surface area contributed by atoms with Crippen LogP contribution in [0.1, 0.15) is 0 Å². The zero-order valence-corrected chi connectivity index (χ0v) is 55.0. The van der Waals surface area contributed by atoms with E-state index in [4.69, 9.17) is 39.9 Å². The molecule has 0 amide bonds. The van der Waals surface area contributed by atoms with Crippen LogP contribution in [0.5, 0.6) is 0 Å². The number of anilines is 12. The largest absolute Gasteiger partial charge is 0.311 e. The number of fused-ring (bicyclic) bond motifs is 5. The summed E-state index contributed by atoms with van der Waals surface area (Å²) in [5.41, 5.74) is 24.8. The van der Waals surface area contributed by atoms with E-state index in [0.29, 0.717) is 67.1 Å². The van der Waals surface area contributed by atoms with Gasteiger partial charge in [-0.25, -0.2) is 39.9 Å². The van der Waals surface area contributed by atoms with Crippen LogP contribution >= 0.6 is 0 Å². The molecule has 102 heavy (non-hydrogen) atoms. The van der Waals surface area contributed by atoms with Gasteiger partial charge < -0.3 is 19.6 Å². The van der Waals surface area contributed by atoms with E-state index in [1.165, 1.54) is 0 Å². The Morgan fingerprint density at radius 3 is 0.647 bits per heavy atom. The maximum Gasteiger partial charge on any atom is 0.200 e. The third kappa shape index (κ3) is 11.7. The van der Waals surface area contributed by atoms with E-state index in [1.807, 2.05) is 60.7 Å². The maximum atomic E-state index is 5.47. The fourth-order valence-electron chi connectivity index (χ4n) is 13.6. The Hall–Kier alpha value is -14.1. The molecule has 0 bridgehead atoms. The van der Waals surface area contributed by atoms with Crippen LogP contribution in [0.3, 0.4) is 0 Å². The minimum absolute atomic E-state index is 0.368. The van der Waals surface area contributed by atoms with Crippen molar-refractivity contribution in [3.63, 3.8) is 0 Å². The van der Waals surface area contributed by atoms with Crippen molar-refractivity contribution in [1.29, 1.82) is 0 Å². The Morgan fingerprint density at radius 1 is 0.147 bits per heavy atom. The van der Waals surface area contributed by atoms with E-state index >= 15 is 0 Å². The van der Waals surface area contributed by atoms with Gasteiger partial charge in [0.05, 0.1) is 33.5 Å². The molecule has 0 atom stereocenters. The van der Waals surface area contributed by atoms with Crippen molar-refractivity contribution < 1.29 is 0 Å². The van der Waals surface area contributed by atoms with E-state index in [1.54, 1.807) is 0 Å². The van der Waals surface area contributed by atoms with Crippen molar-refractivity contribution in [2.45, 2.75) is 0 Å². The van der Waals surface area contributed by atoms with Gasteiger partial charge >= 0.3 is 0 Å². The van der Waals surface area contributed by atoms with Gasteiger partial charge in [0.1, 0.15) is 11.0 Å². The van der Waals surface area contributed by atoms with Gasteiger partial charge in [0.25, 0.3) is 0 Å². The van der Waals surface area contributed by atoms with Crippen LogP contribution in [0.25, 0.3) is 100 Å². The number of hydrogen-bond acceptors (Lipinski definition) is 12.